The van der Waals surface area contributed by atoms with Gasteiger partial charge in [0.05, 0.1) is 12.2 Å². The zero-order valence-corrected chi connectivity index (χ0v) is 6.31. The summed E-state index contributed by atoms with van der Waals surface area (Å²) < 4.78 is 0. The number of aliphatic hydroxyl groups excluding tert-OH is 2. The summed E-state index contributed by atoms with van der Waals surface area (Å²) >= 11 is 0. The van der Waals surface area contributed by atoms with Crippen LogP contribution in [0.2, 0.25) is 0 Å². The maximum absolute atomic E-state index is 9.97. The van der Waals surface area contributed by atoms with E-state index in [0.717, 1.165) is 6.29 Å². The average molecular weight is 159 g/mol. The van der Waals surface area contributed by atoms with Gasteiger partial charge in [-0.25, -0.2) is 0 Å². The van der Waals surface area contributed by atoms with Crippen molar-refractivity contribution in [3.63, 3.8) is 0 Å². The van der Waals surface area contributed by atoms with E-state index in [0.29, 0.717) is 26.1 Å². The molecule has 0 amide bonds. The fourth-order valence-corrected chi connectivity index (χ4v) is 1.26. The molecule has 1 aliphatic heterocycles. The summed E-state index contributed by atoms with van der Waals surface area (Å²) in [5, 5.41) is 18.2. The molecule has 11 heavy (non-hydrogen) atoms. The molecule has 1 rings (SSSR count). The van der Waals surface area contributed by atoms with Crippen LogP contribution >= 0.6 is 0 Å². The minimum absolute atomic E-state index is 0.472. The predicted molar refractivity (Wildman–Crippen MR) is 39.1 cm³/mol. The van der Waals surface area contributed by atoms with Crippen molar-refractivity contribution in [1.29, 1.82) is 0 Å². The number of rotatable bonds is 3. The van der Waals surface area contributed by atoms with Gasteiger partial charge in [0.15, 0.2) is 0 Å². The quantitative estimate of drug-likeness (QED) is 0.498. The highest BCUT2D eigenvalue weighted by atomic mass is 16.3. The summed E-state index contributed by atoms with van der Waals surface area (Å²) in [5.74, 6) is 0. The normalized spacial score (nSPS) is 32.5. The second-order valence-corrected chi connectivity index (χ2v) is 2.85. The number of carbonyl (C=O) groups excluding carboxylic acids is 1. The SMILES string of the molecule is O=CCCN1CC(O)C(O)C1. The molecule has 0 aliphatic carbocycles. The van der Waals surface area contributed by atoms with E-state index in [4.69, 9.17) is 10.2 Å². The molecule has 1 heterocycles. The Balaban J connectivity index is 2.23. The van der Waals surface area contributed by atoms with Crippen LogP contribution in [0.1, 0.15) is 6.42 Å². The van der Waals surface area contributed by atoms with Gasteiger partial charge in [0.2, 0.25) is 0 Å². The summed E-state index contributed by atoms with van der Waals surface area (Å²) in [4.78, 5) is 11.9. The summed E-state index contributed by atoms with van der Waals surface area (Å²) in [6.07, 6.45) is 0.0413. The van der Waals surface area contributed by atoms with Gasteiger partial charge in [-0.3, -0.25) is 4.90 Å². The van der Waals surface area contributed by atoms with E-state index in [1.807, 2.05) is 4.90 Å². The van der Waals surface area contributed by atoms with Crippen LogP contribution in [0.5, 0.6) is 0 Å². The molecule has 0 bridgehead atoms. The minimum Gasteiger partial charge on any atom is -0.389 e. The summed E-state index contributed by atoms with van der Waals surface area (Å²) in [7, 11) is 0. The zero-order chi connectivity index (χ0) is 8.27. The minimum atomic E-state index is -0.637. The van der Waals surface area contributed by atoms with E-state index in [1.165, 1.54) is 0 Å². The number of likely N-dealkylation sites (tertiary alicyclic amines) is 1. The van der Waals surface area contributed by atoms with Crippen molar-refractivity contribution < 1.29 is 15.0 Å². The van der Waals surface area contributed by atoms with Gasteiger partial charge in [-0.05, 0) is 0 Å². The first-order valence-corrected chi connectivity index (χ1v) is 3.76. The molecule has 4 heteroatoms. The van der Waals surface area contributed by atoms with Crippen molar-refractivity contribution in [2.75, 3.05) is 19.6 Å². The lowest BCUT2D eigenvalue weighted by Crippen LogP contribution is -2.23. The van der Waals surface area contributed by atoms with E-state index >= 15 is 0 Å². The highest BCUT2D eigenvalue weighted by molar-refractivity contribution is 5.49. The molecule has 0 spiro atoms. The average Bonchev–Trinajstić information content (AvgIpc) is 2.28. The van der Waals surface area contributed by atoms with Crippen molar-refractivity contribution in [2.45, 2.75) is 18.6 Å². The van der Waals surface area contributed by atoms with Gasteiger partial charge in [0.1, 0.15) is 6.29 Å². The number of hydrogen-bond acceptors (Lipinski definition) is 4. The van der Waals surface area contributed by atoms with Crippen molar-refractivity contribution in [3.05, 3.63) is 0 Å². The number of β-amino-alcohol motifs (C(OH)–C–C–N with tert-alkyl or cyclic N) is 2. The Morgan fingerprint density at radius 3 is 2.36 bits per heavy atom. The number of aldehydes is 1. The van der Waals surface area contributed by atoms with Crippen molar-refractivity contribution >= 4 is 6.29 Å². The second kappa shape index (κ2) is 3.80. The Labute approximate surface area is 65.4 Å². The van der Waals surface area contributed by atoms with Gasteiger partial charge in [0, 0.05) is 26.1 Å². The van der Waals surface area contributed by atoms with E-state index < -0.39 is 12.2 Å². The highest BCUT2D eigenvalue weighted by Gasteiger charge is 2.28. The third-order valence-corrected chi connectivity index (χ3v) is 1.90. The molecule has 0 aromatic carbocycles. The Kier molecular flexibility index (Phi) is 2.99. The largest absolute Gasteiger partial charge is 0.389 e. The molecular weight excluding hydrogens is 146 g/mol. The first-order chi connectivity index (χ1) is 5.24. The molecule has 2 unspecified atom stereocenters. The predicted octanol–water partition coefficient (Wildman–Crippen LogP) is -1.39. The first kappa shape index (κ1) is 8.64. The fourth-order valence-electron chi connectivity index (χ4n) is 1.26. The zero-order valence-electron chi connectivity index (χ0n) is 6.31. The molecule has 2 atom stereocenters. The topological polar surface area (TPSA) is 60.8 Å². The molecule has 64 valence electrons. The van der Waals surface area contributed by atoms with Gasteiger partial charge in [0.25, 0.3) is 0 Å². The Bertz CT molecular complexity index is 130. The maximum Gasteiger partial charge on any atom is 0.121 e. The van der Waals surface area contributed by atoms with Crippen LogP contribution in [0.25, 0.3) is 0 Å². The monoisotopic (exact) mass is 159 g/mol. The molecule has 1 aliphatic rings. The van der Waals surface area contributed by atoms with Crippen LogP contribution in [-0.2, 0) is 4.79 Å². The lowest BCUT2D eigenvalue weighted by molar-refractivity contribution is -0.108. The van der Waals surface area contributed by atoms with Crippen LogP contribution in [0.15, 0.2) is 0 Å². The molecule has 4 nitrogen and oxygen atoms in total. The van der Waals surface area contributed by atoms with Gasteiger partial charge >= 0.3 is 0 Å². The van der Waals surface area contributed by atoms with Crippen molar-refractivity contribution in [2.24, 2.45) is 0 Å². The number of carbonyl (C=O) groups is 1. The van der Waals surface area contributed by atoms with E-state index in [1.54, 1.807) is 0 Å². The maximum atomic E-state index is 9.97. The van der Waals surface area contributed by atoms with Gasteiger partial charge in [-0.2, -0.15) is 0 Å². The van der Waals surface area contributed by atoms with Crippen LogP contribution in [0, 0.1) is 0 Å². The molecular formula is C7H13NO3. The standard InChI is InChI=1S/C7H13NO3/c9-3-1-2-8-4-6(10)7(11)5-8/h3,6-7,10-11H,1-2,4-5H2. The van der Waals surface area contributed by atoms with Crippen molar-refractivity contribution in [3.8, 4) is 0 Å². The Morgan fingerprint density at radius 1 is 1.36 bits per heavy atom. The molecule has 0 saturated carbocycles. The Morgan fingerprint density at radius 2 is 1.91 bits per heavy atom. The van der Waals surface area contributed by atoms with Crippen molar-refractivity contribution in [1.82, 2.24) is 4.90 Å². The second-order valence-electron chi connectivity index (χ2n) is 2.85. The van der Waals surface area contributed by atoms with Crippen LogP contribution in [-0.4, -0.2) is 53.2 Å². The van der Waals surface area contributed by atoms with Gasteiger partial charge in [-0.1, -0.05) is 0 Å². The van der Waals surface area contributed by atoms with Crippen LogP contribution in [0.3, 0.4) is 0 Å². The van der Waals surface area contributed by atoms with Crippen LogP contribution < -0.4 is 0 Å². The lowest BCUT2D eigenvalue weighted by atomic mass is 10.3. The fraction of sp³-hybridized carbons (Fsp3) is 0.857. The number of aliphatic hydroxyl groups is 2. The van der Waals surface area contributed by atoms with Crippen LogP contribution in [0.4, 0.5) is 0 Å². The summed E-state index contributed by atoms with van der Waals surface area (Å²) in [5.41, 5.74) is 0. The van der Waals surface area contributed by atoms with Gasteiger partial charge in [-0.15, -0.1) is 0 Å². The third-order valence-electron chi connectivity index (χ3n) is 1.90. The molecule has 0 aromatic rings. The smallest absolute Gasteiger partial charge is 0.121 e. The van der Waals surface area contributed by atoms with E-state index in [9.17, 15) is 4.79 Å². The first-order valence-electron chi connectivity index (χ1n) is 3.76. The van der Waals surface area contributed by atoms with E-state index in [2.05, 4.69) is 0 Å². The molecule has 0 aromatic heterocycles. The number of nitrogens with zero attached hydrogens (tertiary/aromatic N) is 1. The van der Waals surface area contributed by atoms with E-state index in [-0.39, 0.29) is 0 Å². The number of hydrogen-bond donors (Lipinski definition) is 2. The molecule has 2 N–H and O–H groups in total. The lowest BCUT2D eigenvalue weighted by Gasteiger charge is -2.11. The van der Waals surface area contributed by atoms with Gasteiger partial charge < -0.3 is 15.0 Å². The third kappa shape index (κ3) is 2.25. The molecule has 1 fully saturated rings. The molecule has 1 saturated heterocycles. The summed E-state index contributed by atoms with van der Waals surface area (Å²) in [6.45, 7) is 1.60. The highest BCUT2D eigenvalue weighted by Crippen LogP contribution is 2.09. The molecule has 0 radical (unpaired) electrons. The summed E-state index contributed by atoms with van der Waals surface area (Å²) in [6, 6.07) is 0. The Hall–Kier alpha value is -0.450.